The van der Waals surface area contributed by atoms with Gasteiger partial charge in [0.05, 0.1) is 6.04 Å². The van der Waals surface area contributed by atoms with Crippen LogP contribution in [0.2, 0.25) is 0 Å². The molecule has 0 aromatic carbocycles. The molecule has 15 heteroatoms. The summed E-state index contributed by atoms with van der Waals surface area (Å²) in [6, 6.07) is -4.63. The summed E-state index contributed by atoms with van der Waals surface area (Å²) in [4.78, 5) is 63.9. The summed E-state index contributed by atoms with van der Waals surface area (Å²) in [5.41, 5.74) is 16.3. The lowest BCUT2D eigenvalue weighted by atomic mass is 10.0. The van der Waals surface area contributed by atoms with Crippen LogP contribution in [0.5, 0.6) is 0 Å². The number of guanidine groups is 1. The second-order valence-corrected chi connectivity index (χ2v) is 8.69. The average Bonchev–Trinajstić information content (AvgIpc) is 2.75. The SMILES string of the molecule is CC(C)CC(NC(=O)C(N)CCC(=O)O)C(=O)NC(CCCN=C(N)N)C(=O)NC(CS)C(=O)O. The number of aliphatic imine (C=N–C) groups is 1. The van der Waals surface area contributed by atoms with Crippen LogP contribution in [-0.2, 0) is 24.0 Å². The van der Waals surface area contributed by atoms with E-state index in [4.69, 9.17) is 22.3 Å². The molecule has 0 bridgehead atoms. The van der Waals surface area contributed by atoms with E-state index in [2.05, 4.69) is 33.6 Å². The van der Waals surface area contributed by atoms with Gasteiger partial charge in [-0.05, 0) is 31.6 Å². The minimum absolute atomic E-state index is 0.0315. The first-order chi connectivity index (χ1) is 16.3. The molecule has 0 aromatic heterocycles. The van der Waals surface area contributed by atoms with E-state index in [-0.39, 0.29) is 56.3 Å². The van der Waals surface area contributed by atoms with Crippen LogP contribution in [0, 0.1) is 5.92 Å². The second-order valence-electron chi connectivity index (χ2n) is 8.32. The number of carboxylic acids is 2. The lowest BCUT2D eigenvalue weighted by Crippen LogP contribution is -2.57. The molecule has 0 spiro atoms. The van der Waals surface area contributed by atoms with E-state index in [0.29, 0.717) is 0 Å². The zero-order valence-electron chi connectivity index (χ0n) is 19.9. The number of thiol groups is 1. The Balaban J connectivity index is 5.51. The van der Waals surface area contributed by atoms with Crippen molar-refractivity contribution in [3.05, 3.63) is 0 Å². The molecule has 0 aliphatic heterocycles. The maximum atomic E-state index is 13.0. The monoisotopic (exact) mass is 519 g/mol. The molecule has 200 valence electrons. The summed E-state index contributed by atoms with van der Waals surface area (Å²) in [6.07, 6.45) is 0.140. The Morgan fingerprint density at radius 2 is 1.43 bits per heavy atom. The van der Waals surface area contributed by atoms with Gasteiger partial charge in [-0.1, -0.05) is 13.8 Å². The molecule has 0 fully saturated rings. The molecule has 0 saturated carbocycles. The quantitative estimate of drug-likeness (QED) is 0.0431. The largest absolute Gasteiger partial charge is 0.481 e. The van der Waals surface area contributed by atoms with E-state index in [0.717, 1.165) is 0 Å². The minimum atomic E-state index is -1.29. The van der Waals surface area contributed by atoms with Crippen molar-refractivity contribution in [2.45, 2.75) is 70.1 Å². The Labute approximate surface area is 209 Å². The molecule has 0 aliphatic rings. The Morgan fingerprint density at radius 3 is 1.91 bits per heavy atom. The molecule has 0 heterocycles. The van der Waals surface area contributed by atoms with Gasteiger partial charge in [0.25, 0.3) is 0 Å². The molecule has 35 heavy (non-hydrogen) atoms. The van der Waals surface area contributed by atoms with Gasteiger partial charge in [-0.2, -0.15) is 12.6 Å². The Morgan fingerprint density at radius 1 is 0.886 bits per heavy atom. The van der Waals surface area contributed by atoms with E-state index >= 15 is 0 Å². The summed E-state index contributed by atoms with van der Waals surface area (Å²) in [7, 11) is 0. The maximum absolute atomic E-state index is 13.0. The van der Waals surface area contributed by atoms with Crippen LogP contribution in [0.3, 0.4) is 0 Å². The molecular formula is C20H37N7O7S. The van der Waals surface area contributed by atoms with Crippen molar-refractivity contribution in [2.24, 2.45) is 28.1 Å². The normalized spacial score (nSPS) is 14.2. The minimum Gasteiger partial charge on any atom is -0.481 e. The third-order valence-corrected chi connectivity index (χ3v) is 5.09. The summed E-state index contributed by atoms with van der Waals surface area (Å²) in [5, 5.41) is 25.3. The fraction of sp³-hybridized carbons (Fsp3) is 0.700. The number of amides is 3. The number of carbonyl (C=O) groups excluding carboxylic acids is 3. The standard InChI is InChI=1S/C20H37N7O7S/c1-10(2)8-13(26-16(30)11(21)5-6-15(28)29)18(32)25-12(4-3-7-24-20(22)23)17(31)27-14(9-35)19(33)34/h10-14,35H,3-9,21H2,1-2H3,(H,25,32)(H,26,30)(H,27,31)(H,28,29)(H,33,34)(H4,22,23,24). The average molecular weight is 520 g/mol. The third kappa shape index (κ3) is 14.0. The van der Waals surface area contributed by atoms with Gasteiger partial charge < -0.3 is 43.4 Å². The van der Waals surface area contributed by atoms with E-state index in [1.54, 1.807) is 0 Å². The first kappa shape index (κ1) is 31.9. The number of nitrogens with zero attached hydrogens (tertiary/aromatic N) is 1. The fourth-order valence-corrected chi connectivity index (χ4v) is 3.14. The number of hydrogen-bond donors (Lipinski definition) is 9. The highest BCUT2D eigenvalue weighted by molar-refractivity contribution is 7.80. The number of hydrogen-bond acceptors (Lipinski definition) is 8. The van der Waals surface area contributed by atoms with E-state index in [1.807, 2.05) is 13.8 Å². The van der Waals surface area contributed by atoms with Crippen LogP contribution in [0.1, 0.15) is 46.0 Å². The topological polar surface area (TPSA) is 252 Å². The van der Waals surface area contributed by atoms with E-state index in [1.165, 1.54) is 0 Å². The molecule has 0 radical (unpaired) electrons. The molecule has 4 unspecified atom stereocenters. The first-order valence-electron chi connectivity index (χ1n) is 11.1. The molecule has 0 saturated heterocycles. The van der Waals surface area contributed by atoms with Crippen molar-refractivity contribution >= 4 is 48.2 Å². The molecule has 4 atom stereocenters. The highest BCUT2D eigenvalue weighted by Crippen LogP contribution is 2.08. The van der Waals surface area contributed by atoms with Crippen molar-refractivity contribution < 1.29 is 34.2 Å². The molecule has 14 nitrogen and oxygen atoms in total. The lowest BCUT2D eigenvalue weighted by molar-refractivity contribution is -0.141. The van der Waals surface area contributed by atoms with Crippen LogP contribution in [0.4, 0.5) is 0 Å². The van der Waals surface area contributed by atoms with Crippen molar-refractivity contribution in [3.8, 4) is 0 Å². The van der Waals surface area contributed by atoms with Gasteiger partial charge in [-0.3, -0.25) is 24.2 Å². The number of carbonyl (C=O) groups is 5. The highest BCUT2D eigenvalue weighted by atomic mass is 32.1. The number of carboxylic acid groups (broad SMARTS) is 2. The molecule has 0 aliphatic carbocycles. The zero-order chi connectivity index (χ0) is 27.1. The van der Waals surface area contributed by atoms with Crippen molar-refractivity contribution in [2.75, 3.05) is 12.3 Å². The molecule has 3 amide bonds. The molecule has 0 rings (SSSR count). The smallest absolute Gasteiger partial charge is 0.327 e. The van der Waals surface area contributed by atoms with Gasteiger partial charge in [0.2, 0.25) is 17.7 Å². The number of nitrogens with two attached hydrogens (primary N) is 3. The van der Waals surface area contributed by atoms with Crippen LogP contribution >= 0.6 is 12.6 Å². The Hall–Kier alpha value is -3.07. The van der Waals surface area contributed by atoms with Crippen molar-refractivity contribution in [1.29, 1.82) is 0 Å². The van der Waals surface area contributed by atoms with Crippen LogP contribution in [0.15, 0.2) is 4.99 Å². The molecule has 11 N–H and O–H groups in total. The molecular weight excluding hydrogens is 482 g/mol. The predicted molar refractivity (Wildman–Crippen MR) is 131 cm³/mol. The number of nitrogens with one attached hydrogen (secondary N) is 3. The van der Waals surface area contributed by atoms with Crippen LogP contribution < -0.4 is 33.2 Å². The highest BCUT2D eigenvalue weighted by Gasteiger charge is 2.30. The van der Waals surface area contributed by atoms with Gasteiger partial charge in [-0.15, -0.1) is 0 Å². The van der Waals surface area contributed by atoms with Crippen molar-refractivity contribution in [3.63, 3.8) is 0 Å². The van der Waals surface area contributed by atoms with Gasteiger partial charge in [0.1, 0.15) is 18.1 Å². The van der Waals surface area contributed by atoms with Crippen LogP contribution in [-0.4, -0.2) is 82.3 Å². The molecule has 0 aromatic rings. The Bertz CT molecular complexity index is 775. The Kier molecular flexibility index (Phi) is 15.1. The van der Waals surface area contributed by atoms with Gasteiger partial charge in [0, 0.05) is 18.7 Å². The number of rotatable bonds is 17. The third-order valence-electron chi connectivity index (χ3n) is 4.72. The van der Waals surface area contributed by atoms with E-state index in [9.17, 15) is 29.1 Å². The summed E-state index contributed by atoms with van der Waals surface area (Å²) in [6.45, 7) is 3.81. The van der Waals surface area contributed by atoms with Crippen LogP contribution in [0.25, 0.3) is 0 Å². The van der Waals surface area contributed by atoms with Crippen molar-refractivity contribution in [1.82, 2.24) is 16.0 Å². The summed E-state index contributed by atoms with van der Waals surface area (Å²) in [5.74, 6) is -4.89. The van der Waals surface area contributed by atoms with E-state index < -0.39 is 53.8 Å². The fourth-order valence-electron chi connectivity index (χ4n) is 2.89. The first-order valence-corrected chi connectivity index (χ1v) is 11.7. The summed E-state index contributed by atoms with van der Waals surface area (Å²) < 4.78 is 0. The van der Waals surface area contributed by atoms with Gasteiger partial charge in [-0.25, -0.2) is 4.79 Å². The summed E-state index contributed by atoms with van der Waals surface area (Å²) >= 11 is 3.91. The predicted octanol–water partition coefficient (Wildman–Crippen LogP) is -2.25. The lowest BCUT2D eigenvalue weighted by Gasteiger charge is -2.26. The number of aliphatic carboxylic acids is 2. The van der Waals surface area contributed by atoms with Gasteiger partial charge >= 0.3 is 11.9 Å². The van der Waals surface area contributed by atoms with Gasteiger partial charge in [0.15, 0.2) is 5.96 Å². The second kappa shape index (κ2) is 16.5. The maximum Gasteiger partial charge on any atom is 0.327 e. The zero-order valence-corrected chi connectivity index (χ0v) is 20.8.